The molecule has 7 nitrogen and oxygen atoms in total. The van der Waals surface area contributed by atoms with Crippen LogP contribution in [0.3, 0.4) is 0 Å². The van der Waals surface area contributed by atoms with Crippen LogP contribution < -0.4 is 10.2 Å². The molecule has 0 bridgehead atoms. The van der Waals surface area contributed by atoms with Gasteiger partial charge in [-0.15, -0.1) is 0 Å². The van der Waals surface area contributed by atoms with Crippen molar-refractivity contribution < 1.29 is 5.11 Å². The lowest BCUT2D eigenvalue weighted by atomic mass is 10.1. The number of nitrogens with zero attached hydrogens (tertiary/aromatic N) is 4. The highest BCUT2D eigenvalue weighted by molar-refractivity contribution is 5.87. The second-order valence-corrected chi connectivity index (χ2v) is 4.47. The van der Waals surface area contributed by atoms with Crippen molar-refractivity contribution in [2.24, 2.45) is 0 Å². The van der Waals surface area contributed by atoms with Crippen LogP contribution in [-0.2, 0) is 0 Å². The molecule has 0 radical (unpaired) electrons. The molecule has 0 aliphatic carbocycles. The molecule has 0 amide bonds. The third kappa shape index (κ3) is 1.86. The molecule has 1 fully saturated rings. The first-order valence-electron chi connectivity index (χ1n) is 6.10. The molecule has 3 heterocycles. The topological polar surface area (TPSA) is 90.0 Å². The predicted molar refractivity (Wildman–Crippen MR) is 68.7 cm³/mol. The van der Waals surface area contributed by atoms with Gasteiger partial charge < -0.3 is 15.3 Å². The fourth-order valence-corrected chi connectivity index (χ4v) is 2.25. The predicted octanol–water partition coefficient (Wildman–Crippen LogP) is 0.356. The van der Waals surface area contributed by atoms with Gasteiger partial charge in [-0.25, -0.2) is 0 Å². The van der Waals surface area contributed by atoms with E-state index in [1.54, 1.807) is 13.2 Å². The maximum absolute atomic E-state index is 9.56. The molecule has 7 heteroatoms. The monoisotopic (exact) mass is 248 g/mol. The quantitative estimate of drug-likeness (QED) is 0.711. The van der Waals surface area contributed by atoms with E-state index in [0.29, 0.717) is 5.95 Å². The van der Waals surface area contributed by atoms with Crippen LogP contribution in [0.2, 0.25) is 0 Å². The minimum absolute atomic E-state index is 0.188. The zero-order valence-corrected chi connectivity index (χ0v) is 10.2. The summed E-state index contributed by atoms with van der Waals surface area (Å²) in [4.78, 5) is 11.0. The fourth-order valence-electron chi connectivity index (χ4n) is 2.25. The highest BCUT2D eigenvalue weighted by atomic mass is 16.3. The van der Waals surface area contributed by atoms with Crippen LogP contribution in [0.1, 0.15) is 12.8 Å². The molecule has 0 atom stereocenters. The van der Waals surface area contributed by atoms with E-state index in [0.717, 1.165) is 42.8 Å². The summed E-state index contributed by atoms with van der Waals surface area (Å²) in [5.41, 5.74) is 0.732. The summed E-state index contributed by atoms with van der Waals surface area (Å²) in [6, 6.07) is 0. The Balaban J connectivity index is 2.01. The molecule has 3 rings (SSSR count). The van der Waals surface area contributed by atoms with E-state index in [1.165, 1.54) is 0 Å². The van der Waals surface area contributed by atoms with Crippen molar-refractivity contribution in [3.8, 4) is 0 Å². The minimum Gasteiger partial charge on any atom is -0.393 e. The molecule has 2 aromatic rings. The normalized spacial score (nSPS) is 17.3. The molecule has 0 saturated carbocycles. The lowest BCUT2D eigenvalue weighted by Gasteiger charge is -2.30. The van der Waals surface area contributed by atoms with Crippen LogP contribution in [0.15, 0.2) is 6.20 Å². The summed E-state index contributed by atoms with van der Waals surface area (Å²) >= 11 is 0. The van der Waals surface area contributed by atoms with Gasteiger partial charge in [-0.3, -0.25) is 5.10 Å². The summed E-state index contributed by atoms with van der Waals surface area (Å²) in [6.45, 7) is 1.61. The van der Waals surface area contributed by atoms with Crippen molar-refractivity contribution in [3.05, 3.63) is 6.20 Å². The molecule has 3 N–H and O–H groups in total. The van der Waals surface area contributed by atoms with E-state index >= 15 is 0 Å². The van der Waals surface area contributed by atoms with Gasteiger partial charge in [-0.1, -0.05) is 0 Å². The number of fused-ring (bicyclic) bond motifs is 1. The van der Waals surface area contributed by atoms with E-state index in [4.69, 9.17) is 0 Å². The number of rotatable bonds is 2. The summed E-state index contributed by atoms with van der Waals surface area (Å²) in [7, 11) is 1.79. The molecule has 2 aromatic heterocycles. The van der Waals surface area contributed by atoms with Gasteiger partial charge in [0.15, 0.2) is 5.65 Å². The summed E-state index contributed by atoms with van der Waals surface area (Å²) in [5, 5.41) is 20.3. The molecule has 96 valence electrons. The third-order valence-corrected chi connectivity index (χ3v) is 3.28. The third-order valence-electron chi connectivity index (χ3n) is 3.28. The van der Waals surface area contributed by atoms with Crippen LogP contribution in [0, 0.1) is 0 Å². The zero-order valence-electron chi connectivity index (χ0n) is 10.2. The number of nitrogens with one attached hydrogen (secondary N) is 2. The standard InChI is InChI=1S/C11H16N6O/c1-12-11-14-9-8(6-13-16-9)10(15-11)17-4-2-7(18)3-5-17/h6-7,18H,2-5H2,1H3,(H2,12,13,14,15,16). The number of hydrogen-bond acceptors (Lipinski definition) is 6. The largest absolute Gasteiger partial charge is 0.393 e. The maximum atomic E-state index is 9.56. The molecular weight excluding hydrogens is 232 g/mol. The van der Waals surface area contributed by atoms with Crippen molar-refractivity contribution in [3.63, 3.8) is 0 Å². The van der Waals surface area contributed by atoms with Crippen LogP contribution in [-0.4, -0.2) is 51.5 Å². The highest BCUT2D eigenvalue weighted by Crippen LogP contribution is 2.26. The molecule has 0 unspecified atom stereocenters. The van der Waals surface area contributed by atoms with Gasteiger partial charge in [0.2, 0.25) is 5.95 Å². The molecule has 0 spiro atoms. The van der Waals surface area contributed by atoms with E-state index < -0.39 is 0 Å². The van der Waals surface area contributed by atoms with Gasteiger partial charge in [0.05, 0.1) is 17.7 Å². The number of H-pyrrole nitrogens is 1. The number of piperidine rings is 1. The Morgan fingerprint density at radius 2 is 2.17 bits per heavy atom. The summed E-state index contributed by atoms with van der Waals surface area (Å²) < 4.78 is 0. The Morgan fingerprint density at radius 1 is 1.39 bits per heavy atom. The molecule has 18 heavy (non-hydrogen) atoms. The zero-order chi connectivity index (χ0) is 12.5. The fraction of sp³-hybridized carbons (Fsp3) is 0.545. The van der Waals surface area contributed by atoms with Crippen molar-refractivity contribution in [2.75, 3.05) is 30.4 Å². The molecule has 0 aromatic carbocycles. The van der Waals surface area contributed by atoms with Gasteiger partial charge in [0, 0.05) is 20.1 Å². The minimum atomic E-state index is -0.188. The lowest BCUT2D eigenvalue weighted by molar-refractivity contribution is 0.145. The van der Waals surface area contributed by atoms with E-state index in [1.807, 2.05) is 0 Å². The van der Waals surface area contributed by atoms with Crippen LogP contribution in [0.4, 0.5) is 11.8 Å². The van der Waals surface area contributed by atoms with Gasteiger partial charge in [-0.05, 0) is 12.8 Å². The Labute approximate surface area is 104 Å². The Hall–Kier alpha value is -1.89. The second kappa shape index (κ2) is 4.41. The second-order valence-electron chi connectivity index (χ2n) is 4.47. The molecular formula is C11H16N6O. The van der Waals surface area contributed by atoms with Gasteiger partial charge in [0.25, 0.3) is 0 Å². The number of aliphatic hydroxyl groups excluding tert-OH is 1. The average molecular weight is 248 g/mol. The lowest BCUT2D eigenvalue weighted by Crippen LogP contribution is -2.36. The van der Waals surface area contributed by atoms with Gasteiger partial charge in [0.1, 0.15) is 5.82 Å². The van der Waals surface area contributed by atoms with Crippen molar-refractivity contribution in [2.45, 2.75) is 18.9 Å². The number of aromatic amines is 1. The molecule has 1 aliphatic heterocycles. The smallest absolute Gasteiger partial charge is 0.226 e. The summed E-state index contributed by atoms with van der Waals surface area (Å²) in [5.74, 6) is 1.46. The first-order valence-corrected chi connectivity index (χ1v) is 6.10. The van der Waals surface area contributed by atoms with Crippen molar-refractivity contribution in [1.29, 1.82) is 0 Å². The number of aromatic nitrogens is 4. The van der Waals surface area contributed by atoms with E-state index in [-0.39, 0.29) is 6.10 Å². The number of hydrogen-bond donors (Lipinski definition) is 3. The van der Waals surface area contributed by atoms with Crippen molar-refractivity contribution >= 4 is 22.8 Å². The van der Waals surface area contributed by atoms with Gasteiger partial charge in [-0.2, -0.15) is 15.1 Å². The first-order chi connectivity index (χ1) is 8.78. The van der Waals surface area contributed by atoms with Crippen LogP contribution in [0.5, 0.6) is 0 Å². The van der Waals surface area contributed by atoms with E-state index in [9.17, 15) is 5.11 Å². The Morgan fingerprint density at radius 3 is 2.89 bits per heavy atom. The average Bonchev–Trinajstić information content (AvgIpc) is 2.86. The molecule has 1 aliphatic rings. The maximum Gasteiger partial charge on any atom is 0.226 e. The first kappa shape index (κ1) is 11.2. The number of aliphatic hydroxyl groups is 1. The molecule has 1 saturated heterocycles. The van der Waals surface area contributed by atoms with E-state index in [2.05, 4.69) is 30.4 Å². The number of anilines is 2. The summed E-state index contributed by atoms with van der Waals surface area (Å²) in [6.07, 6.45) is 3.11. The van der Waals surface area contributed by atoms with Crippen LogP contribution >= 0.6 is 0 Å². The Bertz CT molecular complexity index is 545. The Kier molecular flexibility index (Phi) is 2.75. The van der Waals surface area contributed by atoms with Crippen LogP contribution in [0.25, 0.3) is 11.0 Å². The highest BCUT2D eigenvalue weighted by Gasteiger charge is 2.21. The SMILES string of the molecule is CNc1nc(N2CCC(O)CC2)c2cn[nH]c2n1. The van der Waals surface area contributed by atoms with Gasteiger partial charge >= 0.3 is 0 Å². The van der Waals surface area contributed by atoms with Crippen molar-refractivity contribution in [1.82, 2.24) is 20.2 Å².